The Balaban J connectivity index is 0.697. The van der Waals surface area contributed by atoms with Gasteiger partial charge in [0.05, 0.1) is 45.6 Å². The first-order chi connectivity index (χ1) is 45.9. The predicted molar refractivity (Wildman–Crippen MR) is 400 cm³/mol. The van der Waals surface area contributed by atoms with Gasteiger partial charge >= 0.3 is 0 Å². The number of pyridine rings is 8. The maximum Gasteiger partial charge on any atom is 0.0886 e. The average Bonchev–Trinajstić information content (AvgIpc) is 3.05. The third-order valence-electron chi connectivity index (χ3n) is 16.2. The highest BCUT2D eigenvalue weighted by molar-refractivity contribution is 7.14. The van der Waals surface area contributed by atoms with E-state index in [1.165, 1.54) is 123 Å². The number of rotatable bonds is 31. The van der Waals surface area contributed by atoms with Crippen LogP contribution >= 0.6 is 34.0 Å². The highest BCUT2D eigenvalue weighted by Crippen LogP contribution is 2.33. The Morgan fingerprint density at radius 3 is 0.742 bits per heavy atom. The van der Waals surface area contributed by atoms with Crippen molar-refractivity contribution in [1.29, 1.82) is 0 Å². The predicted octanol–water partition coefficient (Wildman–Crippen LogP) is 23.1. The molecule has 0 amide bonds. The van der Waals surface area contributed by atoms with E-state index in [9.17, 15) is 0 Å². The van der Waals surface area contributed by atoms with Crippen LogP contribution in [0.3, 0.4) is 0 Å². The second-order valence-electron chi connectivity index (χ2n) is 23.3. The first-order valence-corrected chi connectivity index (χ1v) is 35.4. The fourth-order valence-electron chi connectivity index (χ4n) is 10.9. The molecule has 11 aromatic heterocycles. The minimum absolute atomic E-state index is 0.848. The summed E-state index contributed by atoms with van der Waals surface area (Å²) in [5, 5.41) is 0. The van der Waals surface area contributed by atoms with Crippen molar-refractivity contribution < 1.29 is 0 Å². The van der Waals surface area contributed by atoms with Crippen LogP contribution in [0.15, 0.2) is 177 Å². The Hall–Kier alpha value is -9.26. The Morgan fingerprint density at radius 2 is 0.516 bits per heavy atom. The summed E-state index contributed by atoms with van der Waals surface area (Å²) in [6, 6.07) is 43.9. The quantitative estimate of drug-likeness (QED) is 0.0396. The maximum atomic E-state index is 4.86. The molecule has 0 fully saturated rings. The van der Waals surface area contributed by atoms with Crippen molar-refractivity contribution in [2.24, 2.45) is 0 Å². The van der Waals surface area contributed by atoms with Crippen LogP contribution in [0.1, 0.15) is 177 Å². The zero-order valence-electron chi connectivity index (χ0n) is 53.6. The number of aromatic nitrogens is 8. The van der Waals surface area contributed by atoms with Gasteiger partial charge in [0.25, 0.3) is 0 Å². The van der Waals surface area contributed by atoms with E-state index in [0.29, 0.717) is 0 Å². The van der Waals surface area contributed by atoms with Gasteiger partial charge < -0.3 is 0 Å². The van der Waals surface area contributed by atoms with E-state index in [1.54, 1.807) is 12.4 Å². The van der Waals surface area contributed by atoms with Gasteiger partial charge in [-0.2, -0.15) is 0 Å². The monoisotopic (exact) mass is 1270 g/mol. The van der Waals surface area contributed by atoms with Crippen LogP contribution in [0.25, 0.3) is 118 Å². The van der Waals surface area contributed by atoms with Gasteiger partial charge in [-0.3, -0.25) is 39.9 Å². The van der Waals surface area contributed by atoms with Crippen molar-refractivity contribution in [3.05, 3.63) is 256 Å². The van der Waals surface area contributed by atoms with E-state index in [2.05, 4.69) is 192 Å². The molecule has 0 aliphatic rings. The third-order valence-corrected chi connectivity index (χ3v) is 19.5. The Bertz CT molecular complexity index is 4270. The van der Waals surface area contributed by atoms with Crippen molar-refractivity contribution in [3.63, 3.8) is 0 Å². The molecule has 0 bridgehead atoms. The summed E-state index contributed by atoms with van der Waals surface area (Å²) in [6.07, 6.45) is 59.5. The van der Waals surface area contributed by atoms with Crippen LogP contribution in [0, 0.1) is 0 Å². The summed E-state index contributed by atoms with van der Waals surface area (Å²) < 4.78 is 0. The molecule has 0 spiro atoms. The van der Waals surface area contributed by atoms with Crippen molar-refractivity contribution in [2.45, 2.75) is 117 Å². The summed E-state index contributed by atoms with van der Waals surface area (Å²) in [5.41, 5.74) is 17.4. The van der Waals surface area contributed by atoms with E-state index in [-0.39, 0.29) is 0 Å². The molecule has 11 aromatic rings. The molecule has 466 valence electrons. The van der Waals surface area contributed by atoms with Crippen molar-refractivity contribution in [1.82, 2.24) is 39.9 Å². The largest absolute Gasteiger partial charge is 0.255 e. The van der Waals surface area contributed by atoms with Crippen molar-refractivity contribution in [2.75, 3.05) is 0 Å². The number of hydrogen-bond donors (Lipinski definition) is 0. The Kier molecular flexibility index (Phi) is 24.1. The Morgan fingerprint density at radius 1 is 0.258 bits per heavy atom. The molecule has 0 unspecified atom stereocenters. The first kappa shape index (κ1) is 65.2. The van der Waals surface area contributed by atoms with Gasteiger partial charge in [0, 0.05) is 78.8 Å². The van der Waals surface area contributed by atoms with E-state index >= 15 is 0 Å². The van der Waals surface area contributed by atoms with Gasteiger partial charge in [-0.25, -0.2) is 0 Å². The Labute approximate surface area is 561 Å². The summed E-state index contributed by atoms with van der Waals surface area (Å²) in [5.74, 6) is 0. The van der Waals surface area contributed by atoms with Crippen LogP contribution in [0.5, 0.6) is 0 Å². The molecule has 11 heteroatoms. The van der Waals surface area contributed by atoms with Crippen LogP contribution in [-0.2, 0) is 19.3 Å². The lowest BCUT2D eigenvalue weighted by Gasteiger charge is -2.02. The van der Waals surface area contributed by atoms with Gasteiger partial charge in [-0.1, -0.05) is 164 Å². The molecule has 0 aliphatic carbocycles. The fraction of sp³-hybridized carbons (Fsp3) is 0.220. The van der Waals surface area contributed by atoms with E-state index < -0.39 is 0 Å². The molecule has 11 heterocycles. The molecule has 0 saturated heterocycles. The number of aryl methyl sites for hydroxylation is 3. The van der Waals surface area contributed by atoms with Crippen LogP contribution in [0.2, 0.25) is 0 Å². The van der Waals surface area contributed by atoms with Gasteiger partial charge in [0.1, 0.15) is 0 Å². The van der Waals surface area contributed by atoms with Gasteiger partial charge in [-0.05, 0) is 204 Å². The van der Waals surface area contributed by atoms with E-state index in [0.717, 1.165) is 98.2 Å². The number of unbranched alkanes of at least 4 members (excludes halogenated alkanes) is 9. The number of hydrogen-bond acceptors (Lipinski definition) is 11. The van der Waals surface area contributed by atoms with Crippen molar-refractivity contribution >= 4 is 107 Å². The molecule has 0 aliphatic heterocycles. The van der Waals surface area contributed by atoms with Crippen LogP contribution in [0.4, 0.5) is 0 Å². The topological polar surface area (TPSA) is 103 Å². The SMILES string of the molecule is CCCCCCc1cc(/C=C/c2ccc(-c3ccc(/C=C/c4sc(/C=C/c5ccc(-c6ccc(/C=C/c7sc(/C=C/c8ccc(-c9ccccn9)nc8)cc7CCCCCC)cn6)nc5)cc4CCCCCC)cn3)nc2)sc1/C=C/c1ccc(-c2ccccn2)nc1. The zero-order valence-corrected chi connectivity index (χ0v) is 56.0. The van der Waals surface area contributed by atoms with Crippen LogP contribution in [-0.4, -0.2) is 39.9 Å². The molecule has 0 N–H and O–H groups in total. The molecular weight excluding hydrogens is 1190 g/mol. The smallest absolute Gasteiger partial charge is 0.0886 e. The minimum Gasteiger partial charge on any atom is -0.255 e. The lowest BCUT2D eigenvalue weighted by Crippen LogP contribution is -1.88. The standard InChI is InChI=1S/C82H80N8S3/c1-4-7-10-13-20-66-52-70(92-80(66)46-34-63-31-41-75(86-57-63)73-24-17-19-50-84-73)38-26-61-29-42-76(87-55-61)79-45-33-65(59-90-79)36-48-82-68(22-15-12-9-6-3)53-71(93-82)39-27-62-30-43-77(88-56-62)78-44-32-64(58-89-78)35-47-81-67(21-14-11-8-5-2)51-69(91-81)37-25-60-28-40-74(85-54-60)72-23-16-18-49-83-72/h16-19,23-59H,4-15,20-22H2,1-3H3/b37-25+,38-26+,39-27+,46-34+,47-35+,48-36+. The normalized spacial score (nSPS) is 12.0. The lowest BCUT2D eigenvalue weighted by atomic mass is 10.1. The van der Waals surface area contributed by atoms with E-state index in [4.69, 9.17) is 19.9 Å². The number of nitrogens with zero attached hydrogens (tertiary/aromatic N) is 8. The molecular formula is C82H80N8S3. The average molecular weight is 1270 g/mol. The summed E-state index contributed by atoms with van der Waals surface area (Å²) >= 11 is 5.48. The maximum absolute atomic E-state index is 4.86. The first-order valence-electron chi connectivity index (χ1n) is 33.0. The molecule has 0 radical (unpaired) electrons. The van der Waals surface area contributed by atoms with Gasteiger partial charge in [-0.15, -0.1) is 34.0 Å². The molecule has 0 atom stereocenters. The molecule has 0 aromatic carbocycles. The van der Waals surface area contributed by atoms with Crippen LogP contribution < -0.4 is 0 Å². The fourth-order valence-corrected chi connectivity index (χ4v) is 13.9. The lowest BCUT2D eigenvalue weighted by molar-refractivity contribution is 0.667. The van der Waals surface area contributed by atoms with Gasteiger partial charge in [0.15, 0.2) is 0 Å². The molecule has 0 saturated carbocycles. The molecule has 93 heavy (non-hydrogen) atoms. The highest BCUT2D eigenvalue weighted by Gasteiger charge is 2.12. The second kappa shape index (κ2) is 34.4. The molecule has 8 nitrogen and oxygen atoms in total. The second-order valence-corrected chi connectivity index (χ2v) is 26.7. The highest BCUT2D eigenvalue weighted by atomic mass is 32.1. The number of thiophene rings is 3. The van der Waals surface area contributed by atoms with E-state index in [1.807, 2.05) is 120 Å². The summed E-state index contributed by atoms with van der Waals surface area (Å²) in [7, 11) is 0. The van der Waals surface area contributed by atoms with Crippen molar-refractivity contribution in [3.8, 4) is 45.6 Å². The zero-order chi connectivity index (χ0) is 63.7. The molecule has 11 rings (SSSR count). The summed E-state index contributed by atoms with van der Waals surface area (Å²) in [6.45, 7) is 6.80. The third kappa shape index (κ3) is 19.4. The minimum atomic E-state index is 0.848. The van der Waals surface area contributed by atoms with Gasteiger partial charge in [0.2, 0.25) is 0 Å². The summed E-state index contributed by atoms with van der Waals surface area (Å²) in [4.78, 5) is 45.2.